The van der Waals surface area contributed by atoms with Crippen molar-refractivity contribution in [2.75, 3.05) is 6.54 Å². The second kappa shape index (κ2) is 7.74. The lowest BCUT2D eigenvalue weighted by molar-refractivity contribution is 0.513. The summed E-state index contributed by atoms with van der Waals surface area (Å²) in [6, 6.07) is 12.5. The minimum Gasteiger partial charge on any atom is -0.314 e. The molecule has 0 aliphatic heterocycles. The molecule has 2 rings (SSSR count). The molecule has 4 nitrogen and oxygen atoms in total. The molecule has 112 valence electrons. The molecule has 0 amide bonds. The molecule has 1 aromatic heterocycles. The number of hydrogen-bond acceptors (Lipinski definition) is 3. The van der Waals surface area contributed by atoms with Crippen molar-refractivity contribution in [3.8, 4) is 0 Å². The van der Waals surface area contributed by atoms with Crippen molar-refractivity contribution in [3.63, 3.8) is 0 Å². The van der Waals surface area contributed by atoms with Crippen molar-refractivity contribution in [2.24, 2.45) is 0 Å². The molecule has 0 saturated carbocycles. The van der Waals surface area contributed by atoms with Crippen molar-refractivity contribution < 1.29 is 0 Å². The van der Waals surface area contributed by atoms with Crippen LogP contribution < -0.4 is 10.9 Å². The van der Waals surface area contributed by atoms with Crippen LogP contribution >= 0.6 is 0 Å². The van der Waals surface area contributed by atoms with E-state index in [2.05, 4.69) is 46.5 Å². The van der Waals surface area contributed by atoms with Crippen LogP contribution in [-0.2, 0) is 12.8 Å². The zero-order valence-electron chi connectivity index (χ0n) is 12.7. The van der Waals surface area contributed by atoms with Crippen molar-refractivity contribution in [3.05, 3.63) is 63.8 Å². The molecule has 0 radical (unpaired) electrons. The Morgan fingerprint density at radius 3 is 2.71 bits per heavy atom. The molecule has 1 heterocycles. The minimum absolute atomic E-state index is 0.0744. The van der Waals surface area contributed by atoms with Gasteiger partial charge in [0.25, 0.3) is 5.56 Å². The highest BCUT2D eigenvalue weighted by atomic mass is 16.1. The van der Waals surface area contributed by atoms with Gasteiger partial charge in [0.1, 0.15) is 5.82 Å². The van der Waals surface area contributed by atoms with Gasteiger partial charge in [-0.25, -0.2) is 4.98 Å². The van der Waals surface area contributed by atoms with E-state index in [4.69, 9.17) is 0 Å². The summed E-state index contributed by atoms with van der Waals surface area (Å²) in [5.41, 5.74) is 2.07. The summed E-state index contributed by atoms with van der Waals surface area (Å²) in [5, 5.41) is 3.48. The van der Waals surface area contributed by atoms with Gasteiger partial charge in [0.05, 0.1) is 0 Å². The van der Waals surface area contributed by atoms with E-state index < -0.39 is 0 Å². The Kier molecular flexibility index (Phi) is 5.69. The van der Waals surface area contributed by atoms with Gasteiger partial charge in [0, 0.05) is 30.8 Å². The molecular formula is C17H23N3O. The van der Waals surface area contributed by atoms with E-state index in [1.165, 1.54) is 11.6 Å². The standard InChI is InChI=1S/C17H23N3O/c1-13(8-9-15-6-4-3-5-7-15)18-11-10-16-19-14(2)12-17(21)20-16/h3-7,12-13,18H,8-11H2,1-2H3,(H,19,20,21)/t13-/m1/s1. The molecule has 0 spiro atoms. The van der Waals surface area contributed by atoms with Crippen molar-refractivity contribution in [2.45, 2.75) is 39.2 Å². The molecule has 2 N–H and O–H groups in total. The van der Waals surface area contributed by atoms with Crippen LogP contribution in [0, 0.1) is 6.92 Å². The smallest absolute Gasteiger partial charge is 0.251 e. The van der Waals surface area contributed by atoms with Gasteiger partial charge in [-0.1, -0.05) is 30.3 Å². The van der Waals surface area contributed by atoms with Gasteiger partial charge >= 0.3 is 0 Å². The maximum Gasteiger partial charge on any atom is 0.251 e. The number of nitrogens with one attached hydrogen (secondary N) is 2. The summed E-state index contributed by atoms with van der Waals surface area (Å²) >= 11 is 0. The third-order valence-corrected chi connectivity index (χ3v) is 3.48. The van der Waals surface area contributed by atoms with Crippen LogP contribution in [0.2, 0.25) is 0 Å². The van der Waals surface area contributed by atoms with Crippen molar-refractivity contribution in [1.29, 1.82) is 0 Å². The Bertz CT molecular complexity index is 607. The van der Waals surface area contributed by atoms with Gasteiger partial charge < -0.3 is 10.3 Å². The van der Waals surface area contributed by atoms with Crippen molar-refractivity contribution in [1.82, 2.24) is 15.3 Å². The first kappa shape index (κ1) is 15.4. The normalized spacial score (nSPS) is 12.3. The number of H-pyrrole nitrogens is 1. The summed E-state index contributed by atoms with van der Waals surface area (Å²) in [4.78, 5) is 18.5. The Hall–Kier alpha value is -1.94. The molecule has 2 aromatic rings. The SMILES string of the molecule is Cc1cc(=O)[nH]c(CCN[C@H](C)CCc2ccccc2)n1. The Morgan fingerprint density at radius 1 is 1.24 bits per heavy atom. The summed E-state index contributed by atoms with van der Waals surface area (Å²) in [5.74, 6) is 0.753. The summed E-state index contributed by atoms with van der Waals surface area (Å²) < 4.78 is 0. The number of rotatable bonds is 7. The third-order valence-electron chi connectivity index (χ3n) is 3.48. The summed E-state index contributed by atoms with van der Waals surface area (Å²) in [6.45, 7) is 4.85. The molecule has 0 unspecified atom stereocenters. The van der Waals surface area contributed by atoms with Crippen LogP contribution in [0.15, 0.2) is 41.2 Å². The summed E-state index contributed by atoms with van der Waals surface area (Å²) in [6.07, 6.45) is 2.92. The van der Waals surface area contributed by atoms with Gasteiger partial charge in [0.15, 0.2) is 0 Å². The lowest BCUT2D eigenvalue weighted by Gasteiger charge is -2.13. The zero-order valence-corrected chi connectivity index (χ0v) is 12.7. The number of aromatic nitrogens is 2. The number of benzene rings is 1. The van der Waals surface area contributed by atoms with Crippen molar-refractivity contribution >= 4 is 0 Å². The van der Waals surface area contributed by atoms with E-state index in [1.54, 1.807) is 0 Å². The van der Waals surface area contributed by atoms with Crippen LogP contribution in [0.1, 0.15) is 30.4 Å². The molecule has 4 heteroatoms. The lowest BCUT2D eigenvalue weighted by Crippen LogP contribution is -2.29. The highest BCUT2D eigenvalue weighted by Crippen LogP contribution is 2.04. The van der Waals surface area contributed by atoms with E-state index in [9.17, 15) is 4.79 Å². The fourth-order valence-electron chi connectivity index (χ4n) is 2.33. The fraction of sp³-hybridized carbons (Fsp3) is 0.412. The lowest BCUT2D eigenvalue weighted by atomic mass is 10.1. The third kappa shape index (κ3) is 5.52. The van der Waals surface area contributed by atoms with Crippen LogP contribution in [0.5, 0.6) is 0 Å². The highest BCUT2D eigenvalue weighted by Gasteiger charge is 2.03. The predicted molar refractivity (Wildman–Crippen MR) is 85.5 cm³/mol. The van der Waals surface area contributed by atoms with Crippen LogP contribution in [0.25, 0.3) is 0 Å². The Labute approximate surface area is 125 Å². The molecule has 0 aliphatic rings. The van der Waals surface area contributed by atoms with E-state index in [-0.39, 0.29) is 5.56 Å². The second-order valence-electron chi connectivity index (χ2n) is 5.46. The quantitative estimate of drug-likeness (QED) is 0.820. The van der Waals surface area contributed by atoms with E-state index in [0.717, 1.165) is 37.3 Å². The van der Waals surface area contributed by atoms with Gasteiger partial charge in [-0.2, -0.15) is 0 Å². The molecule has 0 aliphatic carbocycles. The van der Waals surface area contributed by atoms with Crippen LogP contribution in [0.3, 0.4) is 0 Å². The molecule has 0 bridgehead atoms. The van der Waals surface area contributed by atoms with Gasteiger partial charge in [0.2, 0.25) is 0 Å². The fourth-order valence-corrected chi connectivity index (χ4v) is 2.33. The number of nitrogens with zero attached hydrogens (tertiary/aromatic N) is 1. The average molecular weight is 285 g/mol. The maximum atomic E-state index is 11.4. The van der Waals surface area contributed by atoms with E-state index in [1.807, 2.05) is 13.0 Å². The van der Waals surface area contributed by atoms with Crippen LogP contribution in [0.4, 0.5) is 0 Å². The molecule has 1 aromatic carbocycles. The Balaban J connectivity index is 1.71. The first-order valence-electron chi connectivity index (χ1n) is 7.47. The molecular weight excluding hydrogens is 262 g/mol. The number of aryl methyl sites for hydroxylation is 2. The van der Waals surface area contributed by atoms with Crippen LogP contribution in [-0.4, -0.2) is 22.6 Å². The van der Waals surface area contributed by atoms with Gasteiger partial charge in [-0.05, 0) is 32.3 Å². The maximum absolute atomic E-state index is 11.4. The first-order chi connectivity index (χ1) is 10.1. The van der Waals surface area contributed by atoms with Gasteiger partial charge in [-0.15, -0.1) is 0 Å². The average Bonchev–Trinajstić information content (AvgIpc) is 2.45. The first-order valence-corrected chi connectivity index (χ1v) is 7.47. The second-order valence-corrected chi connectivity index (χ2v) is 5.46. The summed E-state index contributed by atoms with van der Waals surface area (Å²) in [7, 11) is 0. The predicted octanol–water partition coefficient (Wildman–Crippen LogP) is 2.23. The van der Waals surface area contributed by atoms with E-state index >= 15 is 0 Å². The molecule has 1 atom stereocenters. The molecule has 0 saturated heterocycles. The zero-order chi connectivity index (χ0) is 15.1. The van der Waals surface area contributed by atoms with Gasteiger partial charge in [-0.3, -0.25) is 4.79 Å². The number of hydrogen-bond donors (Lipinski definition) is 2. The highest BCUT2D eigenvalue weighted by molar-refractivity contribution is 5.14. The Morgan fingerprint density at radius 2 is 2.00 bits per heavy atom. The topological polar surface area (TPSA) is 57.8 Å². The minimum atomic E-state index is -0.0744. The molecule has 0 fully saturated rings. The monoisotopic (exact) mass is 285 g/mol. The molecule has 21 heavy (non-hydrogen) atoms. The number of aromatic amines is 1. The largest absolute Gasteiger partial charge is 0.314 e. The van der Waals surface area contributed by atoms with E-state index in [0.29, 0.717) is 6.04 Å².